The van der Waals surface area contributed by atoms with Gasteiger partial charge in [-0.15, -0.1) is 0 Å². The van der Waals surface area contributed by atoms with Crippen LogP contribution in [-0.2, 0) is 17.9 Å². The van der Waals surface area contributed by atoms with Gasteiger partial charge < -0.3 is 25.2 Å². The molecule has 2 aliphatic heterocycles. The standard InChI is InChI=1S/C37H41Cl2N7O4/c1-49-35-30(15-40-14-23-11-12-32(48)43-23)41-16-28(44-35)26-9-3-7-24(33(26)38)25-8-4-10-27(34(25)39)29-17-42-31(36(45-29)50-2)19-46-18-22-6-5-13-37(22,20-46)21-47/h3-4,7-10,16-17,22-23,40,47H,5-6,11-15,18-21H2,1-2H3,(H,43,48)/t22-,23-,37+/m0/s1. The predicted octanol–water partition coefficient (Wildman–Crippen LogP) is 5.55. The van der Waals surface area contributed by atoms with E-state index in [9.17, 15) is 9.90 Å². The number of aliphatic hydroxyl groups is 1. The van der Waals surface area contributed by atoms with Crippen LogP contribution in [0.2, 0.25) is 10.0 Å². The Morgan fingerprint density at radius 3 is 2.14 bits per heavy atom. The van der Waals surface area contributed by atoms with E-state index < -0.39 is 0 Å². The number of benzene rings is 2. The first kappa shape index (κ1) is 34.6. The van der Waals surface area contributed by atoms with Crippen molar-refractivity contribution in [3.63, 3.8) is 0 Å². The van der Waals surface area contributed by atoms with Crippen LogP contribution in [0.25, 0.3) is 33.6 Å². The van der Waals surface area contributed by atoms with E-state index in [1.807, 2.05) is 36.4 Å². The van der Waals surface area contributed by atoms with Gasteiger partial charge in [0, 0.05) is 72.9 Å². The third-order valence-corrected chi connectivity index (χ3v) is 11.2. The van der Waals surface area contributed by atoms with Crippen LogP contribution in [0.4, 0.5) is 0 Å². The van der Waals surface area contributed by atoms with E-state index in [-0.39, 0.29) is 24.0 Å². The molecule has 0 bridgehead atoms. The van der Waals surface area contributed by atoms with Gasteiger partial charge in [-0.05, 0) is 25.2 Å². The van der Waals surface area contributed by atoms with Gasteiger partial charge in [0.15, 0.2) is 0 Å². The molecule has 0 unspecified atom stereocenters. The SMILES string of the molecule is COc1nc(-c2cccc(-c3cccc(-c4cnc(CN5C[C@@H]6CCC[C@]6(CO)C5)c(OC)n4)c3Cl)c2Cl)cnc1CNC[C@@H]1CCC(=O)N1. The topological polar surface area (TPSA) is 135 Å². The Morgan fingerprint density at radius 2 is 1.56 bits per heavy atom. The summed E-state index contributed by atoms with van der Waals surface area (Å²) < 4.78 is 11.3. The number of carbonyl (C=O) groups excluding carboxylic acids is 1. The molecule has 4 heterocycles. The highest BCUT2D eigenvalue weighted by Crippen LogP contribution is 2.49. The van der Waals surface area contributed by atoms with E-state index in [1.165, 1.54) is 6.42 Å². The smallest absolute Gasteiger partial charge is 0.237 e. The number of nitrogens with one attached hydrogen (secondary N) is 2. The van der Waals surface area contributed by atoms with Crippen molar-refractivity contribution >= 4 is 29.1 Å². The molecule has 2 saturated heterocycles. The number of carbonyl (C=O) groups is 1. The van der Waals surface area contributed by atoms with Gasteiger partial charge in [-0.2, -0.15) is 0 Å². The molecule has 3 N–H and O–H groups in total. The lowest BCUT2D eigenvalue weighted by Gasteiger charge is -2.26. The number of ether oxygens (including phenoxy) is 2. The Labute approximate surface area is 301 Å². The van der Waals surface area contributed by atoms with E-state index >= 15 is 0 Å². The third-order valence-electron chi connectivity index (χ3n) is 10.4. The average molecular weight is 719 g/mol. The lowest BCUT2D eigenvalue weighted by atomic mass is 9.82. The summed E-state index contributed by atoms with van der Waals surface area (Å²) >= 11 is 14.2. The fourth-order valence-electron chi connectivity index (χ4n) is 7.80. The molecular formula is C37H41Cl2N7O4. The van der Waals surface area contributed by atoms with Gasteiger partial charge in [0.25, 0.3) is 0 Å². The Hall–Kier alpha value is -3.87. The number of amides is 1. The largest absolute Gasteiger partial charge is 0.480 e. The van der Waals surface area contributed by atoms with Crippen molar-refractivity contribution < 1.29 is 19.4 Å². The highest BCUT2D eigenvalue weighted by Gasteiger charge is 2.49. The van der Waals surface area contributed by atoms with Gasteiger partial charge in [-0.25, -0.2) is 9.97 Å². The normalized spacial score (nSPS) is 21.7. The first-order valence-corrected chi connectivity index (χ1v) is 17.8. The summed E-state index contributed by atoms with van der Waals surface area (Å²) in [6.45, 7) is 3.72. The molecule has 3 aliphatic rings. The molecule has 7 rings (SSSR count). The van der Waals surface area contributed by atoms with Gasteiger partial charge in [0.1, 0.15) is 11.4 Å². The predicted molar refractivity (Wildman–Crippen MR) is 192 cm³/mol. The number of likely N-dealkylation sites (tertiary alicyclic amines) is 1. The van der Waals surface area contributed by atoms with Crippen molar-refractivity contribution in [1.29, 1.82) is 0 Å². The molecular weight excluding hydrogens is 677 g/mol. The molecule has 0 spiro atoms. The molecule has 1 amide bonds. The van der Waals surface area contributed by atoms with Crippen LogP contribution in [0.15, 0.2) is 48.8 Å². The molecule has 13 heteroatoms. The lowest BCUT2D eigenvalue weighted by Crippen LogP contribution is -2.35. The van der Waals surface area contributed by atoms with Crippen molar-refractivity contribution in [2.45, 2.75) is 51.2 Å². The van der Waals surface area contributed by atoms with Gasteiger partial charge in [-0.3, -0.25) is 19.7 Å². The minimum atomic E-state index is 0.00342. The maximum absolute atomic E-state index is 11.5. The summed E-state index contributed by atoms with van der Waals surface area (Å²) in [5.41, 5.74) is 5.42. The van der Waals surface area contributed by atoms with Crippen LogP contribution in [0.3, 0.4) is 0 Å². The molecule has 11 nitrogen and oxygen atoms in total. The number of aromatic nitrogens is 4. The Morgan fingerprint density at radius 1 is 0.940 bits per heavy atom. The number of fused-ring (bicyclic) bond motifs is 1. The van der Waals surface area contributed by atoms with Gasteiger partial charge in [0.2, 0.25) is 17.7 Å². The number of nitrogens with zero attached hydrogens (tertiary/aromatic N) is 5. The minimum Gasteiger partial charge on any atom is -0.480 e. The van der Waals surface area contributed by atoms with Gasteiger partial charge in [-0.1, -0.05) is 66.0 Å². The summed E-state index contributed by atoms with van der Waals surface area (Å²) in [6, 6.07) is 11.6. The quantitative estimate of drug-likeness (QED) is 0.171. The summed E-state index contributed by atoms with van der Waals surface area (Å²) in [5.74, 6) is 1.45. The Kier molecular flexibility index (Phi) is 10.2. The molecule has 50 heavy (non-hydrogen) atoms. The summed E-state index contributed by atoms with van der Waals surface area (Å²) in [7, 11) is 3.16. The molecule has 262 valence electrons. The highest BCUT2D eigenvalue weighted by atomic mass is 35.5. The molecule has 2 aromatic carbocycles. The summed E-state index contributed by atoms with van der Waals surface area (Å²) in [5, 5.41) is 17.4. The zero-order valence-corrected chi connectivity index (χ0v) is 29.7. The number of methoxy groups -OCH3 is 2. The van der Waals surface area contributed by atoms with Crippen LogP contribution in [0.1, 0.15) is 43.5 Å². The van der Waals surface area contributed by atoms with Crippen molar-refractivity contribution in [1.82, 2.24) is 35.5 Å². The van der Waals surface area contributed by atoms with E-state index in [4.69, 9.17) is 47.6 Å². The average Bonchev–Trinajstić information content (AvgIpc) is 3.83. The van der Waals surface area contributed by atoms with Gasteiger partial charge >= 0.3 is 0 Å². The van der Waals surface area contributed by atoms with E-state index in [0.717, 1.165) is 49.2 Å². The molecule has 0 radical (unpaired) electrons. The molecule has 3 fully saturated rings. The van der Waals surface area contributed by atoms with E-state index in [1.54, 1.807) is 26.6 Å². The van der Waals surface area contributed by atoms with Crippen LogP contribution in [-0.4, -0.2) is 82.4 Å². The molecule has 4 aromatic rings. The minimum absolute atomic E-state index is 0.00342. The van der Waals surface area contributed by atoms with Crippen molar-refractivity contribution in [2.24, 2.45) is 11.3 Å². The Bertz CT molecular complexity index is 1900. The third kappa shape index (κ3) is 6.77. The fourth-order valence-corrected chi connectivity index (χ4v) is 8.45. The van der Waals surface area contributed by atoms with Crippen LogP contribution in [0, 0.1) is 11.3 Å². The maximum atomic E-state index is 11.5. The first-order chi connectivity index (χ1) is 24.3. The molecule has 3 atom stereocenters. The zero-order valence-electron chi connectivity index (χ0n) is 28.2. The summed E-state index contributed by atoms with van der Waals surface area (Å²) in [4.78, 5) is 32.9. The van der Waals surface area contributed by atoms with Crippen molar-refractivity contribution in [3.8, 4) is 45.4 Å². The number of rotatable bonds is 12. The molecule has 2 aromatic heterocycles. The second-order valence-corrected chi connectivity index (χ2v) is 14.2. The summed E-state index contributed by atoms with van der Waals surface area (Å²) in [6.07, 6.45) is 8.21. The lowest BCUT2D eigenvalue weighted by molar-refractivity contribution is -0.119. The van der Waals surface area contributed by atoms with Crippen LogP contribution >= 0.6 is 23.2 Å². The van der Waals surface area contributed by atoms with Crippen molar-refractivity contribution in [2.75, 3.05) is 40.5 Å². The monoisotopic (exact) mass is 717 g/mol. The number of halogens is 2. The first-order valence-electron chi connectivity index (χ1n) is 17.0. The van der Waals surface area contributed by atoms with Crippen LogP contribution in [0.5, 0.6) is 11.8 Å². The maximum Gasteiger partial charge on any atom is 0.237 e. The van der Waals surface area contributed by atoms with Gasteiger partial charge in [0.05, 0.1) is 54.7 Å². The number of aliphatic hydroxyl groups excluding tert-OH is 1. The molecule has 1 aliphatic carbocycles. The second-order valence-electron chi connectivity index (χ2n) is 13.5. The highest BCUT2D eigenvalue weighted by molar-refractivity contribution is 6.39. The van der Waals surface area contributed by atoms with Crippen molar-refractivity contribution in [3.05, 3.63) is 70.2 Å². The second kappa shape index (κ2) is 14.8. The van der Waals surface area contributed by atoms with E-state index in [2.05, 4.69) is 20.5 Å². The van der Waals surface area contributed by atoms with Crippen LogP contribution < -0.4 is 20.1 Å². The Balaban J connectivity index is 1.11. The van der Waals surface area contributed by atoms with E-state index in [0.29, 0.717) is 82.0 Å². The number of hydrogen-bond acceptors (Lipinski definition) is 10. The fraction of sp³-hybridized carbons (Fsp3) is 0.432. The molecule has 1 saturated carbocycles. The number of hydrogen-bond donors (Lipinski definition) is 3. The zero-order chi connectivity index (χ0) is 34.8.